The Morgan fingerprint density at radius 3 is 2.41 bits per heavy atom. The summed E-state index contributed by atoms with van der Waals surface area (Å²) in [7, 11) is 4.80. The van der Waals surface area contributed by atoms with Crippen LogP contribution in [0.2, 0.25) is 0 Å². The number of methoxy groups -OCH3 is 3. The highest BCUT2D eigenvalue weighted by atomic mass is 16.5. The number of piperazine rings is 1. The van der Waals surface area contributed by atoms with E-state index in [-0.39, 0.29) is 5.56 Å². The van der Waals surface area contributed by atoms with Gasteiger partial charge in [-0.2, -0.15) is 0 Å². The van der Waals surface area contributed by atoms with E-state index in [4.69, 9.17) is 14.2 Å². The van der Waals surface area contributed by atoms with Crippen LogP contribution in [0.4, 0.5) is 5.69 Å². The molecular formula is C26H31N7O4. The van der Waals surface area contributed by atoms with Crippen molar-refractivity contribution in [1.29, 1.82) is 0 Å². The second-order valence-electron chi connectivity index (χ2n) is 8.86. The van der Waals surface area contributed by atoms with Crippen LogP contribution in [0.1, 0.15) is 17.4 Å². The summed E-state index contributed by atoms with van der Waals surface area (Å²) in [6.45, 7) is 4.04. The van der Waals surface area contributed by atoms with Crippen LogP contribution in [-0.2, 0) is 11.3 Å². The third-order valence-corrected chi connectivity index (χ3v) is 6.78. The third-order valence-electron chi connectivity index (χ3n) is 6.78. The standard InChI is InChI=1S/C26H31N7O4/c1-35-14-13-33-25(28-29-30-33)24(32-11-9-31(10-12-32)19-7-5-4-6-8-19)20-15-18-16-22(36-2)23(37-3)17-21(18)27-26(20)34/h4-8,15-17,24H,9-14H2,1-3H3,(H,27,34). The lowest BCUT2D eigenvalue weighted by Crippen LogP contribution is -2.49. The van der Waals surface area contributed by atoms with E-state index in [0.717, 1.165) is 31.6 Å². The van der Waals surface area contributed by atoms with E-state index >= 15 is 0 Å². The summed E-state index contributed by atoms with van der Waals surface area (Å²) in [6.07, 6.45) is 0. The maximum Gasteiger partial charge on any atom is 0.253 e. The van der Waals surface area contributed by atoms with E-state index in [0.29, 0.717) is 41.6 Å². The van der Waals surface area contributed by atoms with Crippen molar-refractivity contribution in [2.75, 3.05) is 59.0 Å². The van der Waals surface area contributed by atoms with E-state index in [9.17, 15) is 4.79 Å². The molecule has 37 heavy (non-hydrogen) atoms. The molecule has 1 aliphatic heterocycles. The topological polar surface area (TPSA) is 111 Å². The average molecular weight is 506 g/mol. The molecule has 1 saturated heterocycles. The van der Waals surface area contributed by atoms with Crippen molar-refractivity contribution in [3.63, 3.8) is 0 Å². The number of aromatic nitrogens is 5. The third kappa shape index (κ3) is 5.00. The highest BCUT2D eigenvalue weighted by molar-refractivity contribution is 5.83. The summed E-state index contributed by atoms with van der Waals surface area (Å²) in [5.74, 6) is 1.75. The molecule has 0 aliphatic carbocycles. The molecule has 0 bridgehead atoms. The molecular weight excluding hydrogens is 474 g/mol. The molecule has 2 aromatic carbocycles. The first-order valence-electron chi connectivity index (χ1n) is 12.2. The fraction of sp³-hybridized carbons (Fsp3) is 0.385. The van der Waals surface area contributed by atoms with Gasteiger partial charge in [0.05, 0.1) is 32.9 Å². The number of fused-ring (bicyclic) bond motifs is 1. The molecule has 0 amide bonds. The number of pyridine rings is 1. The Bertz CT molecular complexity index is 1400. The smallest absolute Gasteiger partial charge is 0.253 e. The molecule has 4 aromatic rings. The molecule has 0 spiro atoms. The van der Waals surface area contributed by atoms with Gasteiger partial charge in [-0.05, 0) is 34.7 Å². The van der Waals surface area contributed by atoms with Crippen molar-refractivity contribution in [2.24, 2.45) is 0 Å². The molecule has 1 aliphatic rings. The molecule has 194 valence electrons. The van der Waals surface area contributed by atoms with Crippen molar-refractivity contribution < 1.29 is 14.2 Å². The van der Waals surface area contributed by atoms with Crippen LogP contribution in [0, 0.1) is 0 Å². The van der Waals surface area contributed by atoms with Gasteiger partial charge in [-0.3, -0.25) is 9.69 Å². The minimum Gasteiger partial charge on any atom is -0.493 e. The maximum absolute atomic E-state index is 13.5. The van der Waals surface area contributed by atoms with Gasteiger partial charge >= 0.3 is 0 Å². The van der Waals surface area contributed by atoms with Crippen molar-refractivity contribution in [2.45, 2.75) is 12.6 Å². The quantitative estimate of drug-likeness (QED) is 0.366. The van der Waals surface area contributed by atoms with Gasteiger partial charge < -0.3 is 24.1 Å². The zero-order valence-electron chi connectivity index (χ0n) is 21.3. The lowest BCUT2D eigenvalue weighted by atomic mass is 10.0. The molecule has 11 nitrogen and oxygen atoms in total. The SMILES string of the molecule is COCCn1nnnc1C(c1cc2cc(OC)c(OC)cc2[nH]c1=O)N1CCN(c2ccccc2)CC1. The van der Waals surface area contributed by atoms with Gasteiger partial charge in [-0.25, -0.2) is 4.68 Å². The molecule has 11 heteroatoms. The summed E-state index contributed by atoms with van der Waals surface area (Å²) in [6, 6.07) is 15.5. The number of nitrogens with one attached hydrogen (secondary N) is 1. The number of tetrazole rings is 1. The van der Waals surface area contributed by atoms with E-state index in [2.05, 4.69) is 42.4 Å². The number of benzene rings is 2. The fourth-order valence-electron chi connectivity index (χ4n) is 4.87. The highest BCUT2D eigenvalue weighted by Crippen LogP contribution is 2.33. The summed E-state index contributed by atoms with van der Waals surface area (Å²) >= 11 is 0. The van der Waals surface area contributed by atoms with E-state index in [1.54, 1.807) is 32.1 Å². The van der Waals surface area contributed by atoms with Gasteiger partial charge in [0.25, 0.3) is 5.56 Å². The fourth-order valence-corrected chi connectivity index (χ4v) is 4.87. The van der Waals surface area contributed by atoms with Gasteiger partial charge in [0.2, 0.25) is 0 Å². The number of rotatable bonds is 9. The first-order valence-corrected chi connectivity index (χ1v) is 12.2. The number of anilines is 1. The molecule has 1 unspecified atom stereocenters. The molecule has 0 radical (unpaired) electrons. The van der Waals surface area contributed by atoms with Crippen LogP contribution in [0.15, 0.2) is 53.3 Å². The van der Waals surface area contributed by atoms with Crippen molar-refractivity contribution in [1.82, 2.24) is 30.1 Å². The monoisotopic (exact) mass is 505 g/mol. The predicted octanol–water partition coefficient (Wildman–Crippen LogP) is 2.09. The summed E-state index contributed by atoms with van der Waals surface area (Å²) in [5, 5.41) is 13.3. The Morgan fingerprint density at radius 2 is 1.70 bits per heavy atom. The van der Waals surface area contributed by atoms with Crippen LogP contribution < -0.4 is 19.9 Å². The van der Waals surface area contributed by atoms with E-state index in [1.807, 2.05) is 30.3 Å². The lowest BCUT2D eigenvalue weighted by molar-refractivity contribution is 0.171. The number of para-hydroxylation sites is 1. The zero-order chi connectivity index (χ0) is 25.8. The highest BCUT2D eigenvalue weighted by Gasteiger charge is 2.33. The Kier molecular flexibility index (Phi) is 7.33. The number of hydrogen-bond donors (Lipinski definition) is 1. The average Bonchev–Trinajstić information content (AvgIpc) is 3.40. The van der Waals surface area contributed by atoms with Crippen LogP contribution in [0.25, 0.3) is 10.9 Å². The molecule has 1 atom stereocenters. The van der Waals surface area contributed by atoms with Gasteiger partial charge in [-0.15, -0.1) is 5.10 Å². The number of aromatic amines is 1. The first-order chi connectivity index (χ1) is 18.1. The Labute approximate surface area is 214 Å². The van der Waals surface area contributed by atoms with Crippen molar-refractivity contribution in [3.05, 3.63) is 70.3 Å². The minimum atomic E-state index is -0.439. The number of nitrogens with zero attached hydrogens (tertiary/aromatic N) is 6. The molecule has 1 N–H and O–H groups in total. The lowest BCUT2D eigenvalue weighted by Gasteiger charge is -2.39. The summed E-state index contributed by atoms with van der Waals surface area (Å²) < 4.78 is 17.9. The Morgan fingerprint density at radius 1 is 0.973 bits per heavy atom. The largest absolute Gasteiger partial charge is 0.493 e. The Hall–Kier alpha value is -3.96. The van der Waals surface area contributed by atoms with E-state index < -0.39 is 6.04 Å². The van der Waals surface area contributed by atoms with Gasteiger partial charge in [0, 0.05) is 56.0 Å². The normalized spacial score (nSPS) is 15.2. The van der Waals surface area contributed by atoms with E-state index in [1.165, 1.54) is 5.69 Å². The number of hydrogen-bond acceptors (Lipinski definition) is 9. The van der Waals surface area contributed by atoms with Gasteiger partial charge in [0.15, 0.2) is 17.3 Å². The number of H-pyrrole nitrogens is 1. The van der Waals surface area contributed by atoms with Crippen LogP contribution in [0.3, 0.4) is 0 Å². The summed E-state index contributed by atoms with van der Waals surface area (Å²) in [4.78, 5) is 21.2. The maximum atomic E-state index is 13.5. The summed E-state index contributed by atoms with van der Waals surface area (Å²) in [5.41, 5.74) is 2.23. The molecule has 5 rings (SSSR count). The molecule has 3 heterocycles. The second-order valence-corrected chi connectivity index (χ2v) is 8.86. The predicted molar refractivity (Wildman–Crippen MR) is 139 cm³/mol. The minimum absolute atomic E-state index is 0.198. The first kappa shape index (κ1) is 24.7. The van der Waals surface area contributed by atoms with Gasteiger partial charge in [-0.1, -0.05) is 18.2 Å². The van der Waals surface area contributed by atoms with Crippen LogP contribution in [0.5, 0.6) is 11.5 Å². The van der Waals surface area contributed by atoms with Crippen LogP contribution >= 0.6 is 0 Å². The zero-order valence-corrected chi connectivity index (χ0v) is 21.3. The molecule has 1 fully saturated rings. The second kappa shape index (κ2) is 11.0. The number of ether oxygens (including phenoxy) is 3. The molecule has 2 aromatic heterocycles. The van der Waals surface area contributed by atoms with Crippen LogP contribution in [-0.4, -0.2) is 84.2 Å². The van der Waals surface area contributed by atoms with Gasteiger partial charge in [0.1, 0.15) is 6.04 Å². The van der Waals surface area contributed by atoms with Crippen molar-refractivity contribution >= 4 is 16.6 Å². The van der Waals surface area contributed by atoms with Crippen molar-refractivity contribution in [3.8, 4) is 11.5 Å². The Balaban J connectivity index is 1.55. The molecule has 0 saturated carbocycles.